The summed E-state index contributed by atoms with van der Waals surface area (Å²) in [6.45, 7) is 2.39. The molecular formula is C30H25ClFN3O3S. The minimum Gasteiger partial charge on any atom is -0.487 e. The Morgan fingerprint density at radius 3 is 2.67 bits per heavy atom. The number of aliphatic carboxylic acids is 1. The lowest BCUT2D eigenvalue weighted by Gasteiger charge is -2.28. The predicted molar refractivity (Wildman–Crippen MR) is 156 cm³/mol. The second kappa shape index (κ2) is 11.7. The number of rotatable bonds is 9. The second-order valence-corrected chi connectivity index (χ2v) is 10.9. The van der Waals surface area contributed by atoms with E-state index in [0.29, 0.717) is 34.4 Å². The highest BCUT2D eigenvalue weighted by atomic mass is 35.5. The zero-order valence-electron chi connectivity index (χ0n) is 21.0. The fraction of sp³-hybridized carbons (Fsp3) is 0.100. The van der Waals surface area contributed by atoms with Crippen LogP contribution < -0.4 is 10.1 Å². The van der Waals surface area contributed by atoms with Crippen LogP contribution in [0.4, 0.5) is 10.1 Å². The topological polar surface area (TPSA) is 74.2 Å². The summed E-state index contributed by atoms with van der Waals surface area (Å²) in [6.07, 6.45) is 3.74. The molecule has 0 radical (unpaired) electrons. The molecule has 3 aromatic rings. The molecule has 0 spiro atoms. The van der Waals surface area contributed by atoms with Gasteiger partial charge in [-0.25, -0.2) is 14.2 Å². The van der Waals surface area contributed by atoms with Crippen molar-refractivity contribution < 1.29 is 19.0 Å². The van der Waals surface area contributed by atoms with Gasteiger partial charge >= 0.3 is 5.97 Å². The highest BCUT2D eigenvalue weighted by Crippen LogP contribution is 2.37. The maximum atomic E-state index is 13.5. The summed E-state index contributed by atoms with van der Waals surface area (Å²) in [4.78, 5) is 19.2. The monoisotopic (exact) mass is 561 g/mol. The normalized spacial score (nSPS) is 16.5. The third-order valence-electron chi connectivity index (χ3n) is 5.99. The van der Waals surface area contributed by atoms with Crippen LogP contribution in [0.15, 0.2) is 112 Å². The first kappa shape index (κ1) is 26.5. The molecule has 0 saturated carbocycles. The maximum absolute atomic E-state index is 13.5. The number of carboxylic acids is 1. The molecule has 1 unspecified atom stereocenters. The summed E-state index contributed by atoms with van der Waals surface area (Å²) >= 11 is 6.50. The van der Waals surface area contributed by atoms with Gasteiger partial charge in [-0.1, -0.05) is 54.1 Å². The number of anilines is 1. The first-order chi connectivity index (χ1) is 18.9. The van der Waals surface area contributed by atoms with Crippen LogP contribution in [0.1, 0.15) is 18.1 Å². The molecule has 5 rings (SSSR count). The zero-order chi connectivity index (χ0) is 27.4. The van der Waals surface area contributed by atoms with Crippen LogP contribution in [0.3, 0.4) is 0 Å². The molecule has 0 fully saturated rings. The Morgan fingerprint density at radius 1 is 1.13 bits per heavy atom. The minimum atomic E-state index is -0.944. The van der Waals surface area contributed by atoms with E-state index in [1.807, 2.05) is 47.9 Å². The Labute approximate surface area is 233 Å². The van der Waals surface area contributed by atoms with Crippen molar-refractivity contribution >= 4 is 45.1 Å². The van der Waals surface area contributed by atoms with Gasteiger partial charge in [0.05, 0.1) is 16.3 Å². The van der Waals surface area contributed by atoms with Crippen molar-refractivity contribution in [2.24, 2.45) is 4.99 Å². The van der Waals surface area contributed by atoms with Crippen LogP contribution in [0.25, 0.3) is 0 Å². The lowest BCUT2D eigenvalue weighted by molar-refractivity contribution is -0.132. The van der Waals surface area contributed by atoms with Crippen molar-refractivity contribution in [3.8, 4) is 5.75 Å². The summed E-state index contributed by atoms with van der Waals surface area (Å²) in [5.74, 6) is -0.151. The Bertz CT molecular complexity index is 1580. The van der Waals surface area contributed by atoms with E-state index in [1.165, 1.54) is 12.1 Å². The molecule has 3 aromatic carbocycles. The van der Waals surface area contributed by atoms with Crippen molar-refractivity contribution in [3.63, 3.8) is 0 Å². The Hall–Kier alpha value is -4.14. The van der Waals surface area contributed by atoms with Crippen LogP contribution in [-0.4, -0.2) is 27.3 Å². The summed E-state index contributed by atoms with van der Waals surface area (Å²) in [6, 6.07) is 21.6. The third-order valence-corrected chi connectivity index (χ3v) is 8.23. The Balaban J connectivity index is 1.39. The molecule has 0 saturated heterocycles. The molecule has 0 amide bonds. The van der Waals surface area contributed by atoms with Gasteiger partial charge in [0.25, 0.3) is 0 Å². The summed E-state index contributed by atoms with van der Waals surface area (Å²) in [5.41, 5.74) is 3.70. The van der Waals surface area contributed by atoms with Crippen molar-refractivity contribution in [1.29, 1.82) is 0 Å². The van der Waals surface area contributed by atoms with E-state index in [0.717, 1.165) is 16.1 Å². The molecule has 0 aliphatic carbocycles. The lowest BCUT2D eigenvalue weighted by atomic mass is 10.1. The van der Waals surface area contributed by atoms with Crippen LogP contribution >= 0.6 is 22.1 Å². The van der Waals surface area contributed by atoms with E-state index in [4.69, 9.17) is 16.3 Å². The molecule has 1 atom stereocenters. The standard InChI is InChI=1S/C30H25ClFN3O3S/c1-20(30(36)37)18-39-13-12-25-28(33-19-35(29(25)39)16-21-6-3-2-4-7-21)34-24-10-11-27(26(31)15-24)38-17-22-8-5-9-23(32)14-22/h2-15,18-19,34H,16-17H2,1H3,(H,36,37)/b20-18+. The zero-order valence-corrected chi connectivity index (χ0v) is 22.5. The first-order valence-corrected chi connectivity index (χ1v) is 13.8. The molecular weight excluding hydrogens is 537 g/mol. The Morgan fingerprint density at radius 2 is 1.92 bits per heavy atom. The number of halogens is 2. The van der Waals surface area contributed by atoms with Crippen molar-refractivity contribution in [1.82, 2.24) is 4.90 Å². The van der Waals surface area contributed by atoms with Crippen LogP contribution in [0, 0.1) is 5.82 Å². The quantitative estimate of drug-likeness (QED) is 0.214. The second-order valence-electron chi connectivity index (χ2n) is 8.89. The van der Waals surface area contributed by atoms with Crippen molar-refractivity contribution in [2.75, 3.05) is 5.32 Å². The summed E-state index contributed by atoms with van der Waals surface area (Å²) in [5, 5.41) is 17.0. The molecule has 2 heterocycles. The van der Waals surface area contributed by atoms with E-state index < -0.39 is 16.5 Å². The Kier molecular flexibility index (Phi) is 7.95. The number of benzene rings is 3. The molecule has 9 heteroatoms. The number of hydrogen-bond donors (Lipinski definition) is 2. The molecule has 198 valence electrons. The number of carboxylic acid groups (broad SMARTS) is 1. The van der Waals surface area contributed by atoms with Gasteiger partial charge in [0, 0.05) is 23.4 Å². The average Bonchev–Trinajstić information content (AvgIpc) is 3.34. The lowest BCUT2D eigenvalue weighted by Crippen LogP contribution is -2.33. The van der Waals surface area contributed by atoms with Gasteiger partial charge in [0.1, 0.15) is 24.0 Å². The molecule has 2 N–H and O–H groups in total. The van der Waals surface area contributed by atoms with Gasteiger partial charge in [-0.05, 0) is 65.3 Å². The van der Waals surface area contributed by atoms with Crippen LogP contribution in [-0.2, 0) is 17.9 Å². The molecule has 0 aromatic heterocycles. The van der Waals surface area contributed by atoms with Crippen LogP contribution in [0.5, 0.6) is 5.75 Å². The molecule has 2 aliphatic heterocycles. The average molecular weight is 562 g/mol. The van der Waals surface area contributed by atoms with Crippen molar-refractivity contribution in [2.45, 2.75) is 20.1 Å². The van der Waals surface area contributed by atoms with Gasteiger partial charge in [-0.2, -0.15) is 0 Å². The number of carbonyl (C=O) groups is 1. The van der Waals surface area contributed by atoms with Gasteiger partial charge in [0.15, 0.2) is 0 Å². The number of hydrogen-bond acceptors (Lipinski definition) is 5. The molecule has 2 aliphatic rings. The number of ether oxygens (including phenoxy) is 1. The highest BCUT2D eigenvalue weighted by molar-refractivity contribution is 8.21. The maximum Gasteiger partial charge on any atom is 0.331 e. The number of fused-ring (bicyclic) bond motifs is 1. The van der Waals surface area contributed by atoms with Crippen LogP contribution in [0.2, 0.25) is 5.02 Å². The molecule has 0 bridgehead atoms. The van der Waals surface area contributed by atoms with E-state index in [1.54, 1.807) is 42.9 Å². The number of nitrogens with one attached hydrogen (secondary N) is 1. The van der Waals surface area contributed by atoms with E-state index in [2.05, 4.69) is 15.2 Å². The third kappa shape index (κ3) is 6.30. The SMILES string of the molecule is C/C(=C\S1=C2C(=C(Nc3ccc(OCc4cccc(F)c4)c(Cl)c3)N=CN2Cc2ccccc2)C=C1)C(=O)O. The fourth-order valence-electron chi connectivity index (χ4n) is 4.07. The van der Waals surface area contributed by atoms with Gasteiger partial charge < -0.3 is 20.1 Å². The number of aliphatic imine (C=N–C) groups is 1. The highest BCUT2D eigenvalue weighted by Gasteiger charge is 2.26. The fourth-order valence-corrected chi connectivity index (χ4v) is 6.19. The van der Waals surface area contributed by atoms with Gasteiger partial charge in [-0.3, -0.25) is 0 Å². The largest absolute Gasteiger partial charge is 0.487 e. The summed E-state index contributed by atoms with van der Waals surface area (Å²) in [7, 11) is -0.550. The minimum absolute atomic E-state index is 0.190. The van der Waals surface area contributed by atoms with Gasteiger partial charge in [0.2, 0.25) is 0 Å². The van der Waals surface area contributed by atoms with E-state index in [-0.39, 0.29) is 18.0 Å². The molecule has 39 heavy (non-hydrogen) atoms. The predicted octanol–water partition coefficient (Wildman–Crippen LogP) is 7.14. The van der Waals surface area contributed by atoms with Gasteiger partial charge in [-0.15, -0.1) is 10.5 Å². The molecule has 6 nitrogen and oxygen atoms in total. The summed E-state index contributed by atoms with van der Waals surface area (Å²) < 4.78 is 19.2. The smallest absolute Gasteiger partial charge is 0.331 e. The van der Waals surface area contributed by atoms with E-state index in [9.17, 15) is 14.3 Å². The number of nitrogens with zero attached hydrogens (tertiary/aromatic N) is 2. The first-order valence-electron chi connectivity index (χ1n) is 12.1. The van der Waals surface area contributed by atoms with E-state index >= 15 is 0 Å². The van der Waals surface area contributed by atoms with Crippen molar-refractivity contribution in [3.05, 3.63) is 129 Å².